The summed E-state index contributed by atoms with van der Waals surface area (Å²) in [5.74, 6) is 0.0192. The van der Waals surface area contributed by atoms with Gasteiger partial charge in [0.2, 0.25) is 5.91 Å². The Labute approximate surface area is 94.9 Å². The van der Waals surface area contributed by atoms with Crippen LogP contribution in [0.25, 0.3) is 10.9 Å². The number of carbonyl (C=O) groups is 1. The lowest BCUT2D eigenvalue weighted by molar-refractivity contribution is 0.0941. The Balaban J connectivity index is 2.71. The van der Waals surface area contributed by atoms with Crippen LogP contribution in [0.15, 0.2) is 30.5 Å². The molecule has 0 unspecified atom stereocenters. The van der Waals surface area contributed by atoms with Gasteiger partial charge >= 0.3 is 0 Å². The molecule has 0 aliphatic carbocycles. The van der Waals surface area contributed by atoms with Crippen LogP contribution in [0.3, 0.4) is 0 Å². The lowest BCUT2D eigenvalue weighted by atomic mass is 10.1. The van der Waals surface area contributed by atoms with Gasteiger partial charge in [-0.3, -0.25) is 9.36 Å². The molecule has 0 radical (unpaired) electrons. The lowest BCUT2D eigenvalue weighted by Gasteiger charge is -2.06. The molecule has 0 aliphatic heterocycles. The maximum atomic E-state index is 11.5. The summed E-state index contributed by atoms with van der Waals surface area (Å²) >= 11 is 0. The first-order valence-corrected chi connectivity index (χ1v) is 5.51. The number of para-hydroxylation sites is 1. The van der Waals surface area contributed by atoms with E-state index in [0.29, 0.717) is 0 Å². The van der Waals surface area contributed by atoms with E-state index < -0.39 is 0 Å². The zero-order valence-electron chi connectivity index (χ0n) is 9.60. The third-order valence-corrected chi connectivity index (χ3v) is 2.92. The monoisotopic (exact) mass is 216 g/mol. The van der Waals surface area contributed by atoms with Crippen molar-refractivity contribution in [1.29, 1.82) is 0 Å². The van der Waals surface area contributed by atoms with Crippen LogP contribution in [0.5, 0.6) is 0 Å². The first-order chi connectivity index (χ1) is 7.65. The highest BCUT2D eigenvalue weighted by Gasteiger charge is 2.14. The molecule has 0 saturated carbocycles. The van der Waals surface area contributed by atoms with E-state index in [0.717, 1.165) is 22.9 Å². The van der Waals surface area contributed by atoms with Crippen LogP contribution in [0.4, 0.5) is 0 Å². The fourth-order valence-electron chi connectivity index (χ4n) is 1.98. The van der Waals surface area contributed by atoms with Crippen molar-refractivity contribution < 1.29 is 4.79 Å². The van der Waals surface area contributed by atoms with Crippen molar-refractivity contribution in [2.45, 2.75) is 26.3 Å². The van der Waals surface area contributed by atoms with Gasteiger partial charge in [0.05, 0.1) is 5.52 Å². The van der Waals surface area contributed by atoms with Gasteiger partial charge in [-0.15, -0.1) is 0 Å². The van der Waals surface area contributed by atoms with Crippen molar-refractivity contribution >= 4 is 16.8 Å². The molecule has 2 rings (SSSR count). The Kier molecular flexibility index (Phi) is 2.79. The van der Waals surface area contributed by atoms with Gasteiger partial charge in [0.15, 0.2) is 0 Å². The van der Waals surface area contributed by atoms with Crippen molar-refractivity contribution in [3.63, 3.8) is 0 Å². The van der Waals surface area contributed by atoms with Crippen LogP contribution in [-0.2, 0) is 0 Å². The maximum absolute atomic E-state index is 11.5. The third-order valence-electron chi connectivity index (χ3n) is 2.92. The molecule has 16 heavy (non-hydrogen) atoms. The summed E-state index contributed by atoms with van der Waals surface area (Å²) < 4.78 is 1.67. The Morgan fingerprint density at radius 3 is 2.75 bits per heavy atom. The van der Waals surface area contributed by atoms with Gasteiger partial charge in [0.1, 0.15) is 0 Å². The highest BCUT2D eigenvalue weighted by molar-refractivity contribution is 5.93. The SMILES string of the molecule is CC[C@H](N)c1cn(C(C)=O)c2ccccc12. The number of nitrogens with two attached hydrogens (primary N) is 1. The zero-order chi connectivity index (χ0) is 11.7. The molecule has 1 aromatic carbocycles. The van der Waals surface area contributed by atoms with Crippen molar-refractivity contribution in [3.05, 3.63) is 36.0 Å². The van der Waals surface area contributed by atoms with Crippen LogP contribution in [0.1, 0.15) is 36.7 Å². The second-order valence-electron chi connectivity index (χ2n) is 4.01. The van der Waals surface area contributed by atoms with Crippen molar-refractivity contribution in [2.75, 3.05) is 0 Å². The second-order valence-corrected chi connectivity index (χ2v) is 4.01. The molecule has 2 aromatic rings. The number of aromatic nitrogens is 1. The van der Waals surface area contributed by atoms with E-state index in [9.17, 15) is 4.79 Å². The van der Waals surface area contributed by atoms with E-state index in [4.69, 9.17) is 5.73 Å². The number of nitrogens with zero attached hydrogens (tertiary/aromatic N) is 1. The van der Waals surface area contributed by atoms with Crippen LogP contribution < -0.4 is 5.73 Å². The summed E-state index contributed by atoms with van der Waals surface area (Å²) in [6, 6.07) is 7.86. The molecular formula is C13H16N2O. The van der Waals surface area contributed by atoms with E-state index in [-0.39, 0.29) is 11.9 Å². The minimum atomic E-state index is -0.00880. The van der Waals surface area contributed by atoms with E-state index in [1.807, 2.05) is 37.4 Å². The molecule has 3 nitrogen and oxygen atoms in total. The lowest BCUT2D eigenvalue weighted by Crippen LogP contribution is -2.08. The summed E-state index contributed by atoms with van der Waals surface area (Å²) in [4.78, 5) is 11.5. The standard InChI is InChI=1S/C13H16N2O/c1-3-12(14)11-8-15(9(2)16)13-7-5-4-6-10(11)13/h4-8,12H,3,14H2,1-2H3/t12-/m0/s1. The quantitative estimate of drug-likeness (QED) is 0.839. The fourth-order valence-corrected chi connectivity index (χ4v) is 1.98. The molecule has 2 N–H and O–H groups in total. The minimum absolute atomic E-state index is 0.00880. The highest BCUT2D eigenvalue weighted by Crippen LogP contribution is 2.26. The highest BCUT2D eigenvalue weighted by atomic mass is 16.1. The Bertz CT molecular complexity index is 528. The van der Waals surface area contributed by atoms with Gasteiger partial charge in [0.25, 0.3) is 0 Å². The fraction of sp³-hybridized carbons (Fsp3) is 0.308. The number of hydrogen-bond acceptors (Lipinski definition) is 2. The smallest absolute Gasteiger partial charge is 0.227 e. The number of benzene rings is 1. The Morgan fingerprint density at radius 1 is 1.44 bits per heavy atom. The average Bonchev–Trinajstić information content (AvgIpc) is 2.67. The van der Waals surface area contributed by atoms with Crippen LogP contribution in [-0.4, -0.2) is 10.5 Å². The average molecular weight is 216 g/mol. The Morgan fingerprint density at radius 2 is 2.12 bits per heavy atom. The van der Waals surface area contributed by atoms with E-state index >= 15 is 0 Å². The van der Waals surface area contributed by atoms with E-state index in [2.05, 4.69) is 0 Å². The number of fused-ring (bicyclic) bond motifs is 1. The molecule has 1 heterocycles. The third kappa shape index (κ3) is 1.63. The first-order valence-electron chi connectivity index (χ1n) is 5.51. The molecule has 1 atom stereocenters. The van der Waals surface area contributed by atoms with E-state index in [1.54, 1.807) is 11.5 Å². The predicted molar refractivity (Wildman–Crippen MR) is 65.5 cm³/mol. The summed E-state index contributed by atoms with van der Waals surface area (Å²) in [6.45, 7) is 3.61. The van der Waals surface area contributed by atoms with Crippen molar-refractivity contribution in [2.24, 2.45) is 5.73 Å². The number of hydrogen-bond donors (Lipinski definition) is 1. The summed E-state index contributed by atoms with van der Waals surface area (Å²) in [5.41, 5.74) is 8.04. The molecular weight excluding hydrogens is 200 g/mol. The molecule has 3 heteroatoms. The second kappa shape index (κ2) is 4.10. The van der Waals surface area contributed by atoms with Gasteiger partial charge in [-0.1, -0.05) is 25.1 Å². The maximum Gasteiger partial charge on any atom is 0.227 e. The summed E-state index contributed by atoms with van der Waals surface area (Å²) in [5, 5.41) is 1.08. The van der Waals surface area contributed by atoms with Crippen LogP contribution >= 0.6 is 0 Å². The topological polar surface area (TPSA) is 48.0 Å². The molecule has 0 saturated heterocycles. The van der Waals surface area contributed by atoms with Crippen LogP contribution in [0.2, 0.25) is 0 Å². The van der Waals surface area contributed by atoms with Crippen molar-refractivity contribution in [3.8, 4) is 0 Å². The molecule has 0 spiro atoms. The Hall–Kier alpha value is -1.61. The minimum Gasteiger partial charge on any atom is -0.324 e. The normalized spacial score (nSPS) is 12.9. The van der Waals surface area contributed by atoms with Gasteiger partial charge in [-0.25, -0.2) is 0 Å². The number of carbonyl (C=O) groups excluding carboxylic acids is 1. The predicted octanol–water partition coefficient (Wildman–Crippen LogP) is 2.71. The summed E-state index contributed by atoms with van der Waals surface area (Å²) in [6.07, 6.45) is 2.73. The molecule has 0 amide bonds. The van der Waals surface area contributed by atoms with Gasteiger partial charge in [0, 0.05) is 24.5 Å². The summed E-state index contributed by atoms with van der Waals surface area (Å²) in [7, 11) is 0. The first kappa shape index (κ1) is 10.9. The molecule has 0 aliphatic rings. The van der Waals surface area contributed by atoms with Gasteiger partial charge < -0.3 is 5.73 Å². The van der Waals surface area contributed by atoms with E-state index in [1.165, 1.54) is 0 Å². The molecule has 0 fully saturated rings. The van der Waals surface area contributed by atoms with Gasteiger partial charge in [-0.05, 0) is 18.1 Å². The molecule has 1 aromatic heterocycles. The van der Waals surface area contributed by atoms with Gasteiger partial charge in [-0.2, -0.15) is 0 Å². The largest absolute Gasteiger partial charge is 0.324 e. The number of rotatable bonds is 2. The van der Waals surface area contributed by atoms with Crippen molar-refractivity contribution in [1.82, 2.24) is 4.57 Å². The molecule has 84 valence electrons. The zero-order valence-corrected chi connectivity index (χ0v) is 9.60. The molecule has 0 bridgehead atoms. The van der Waals surface area contributed by atoms with Crippen LogP contribution in [0, 0.1) is 0 Å².